The van der Waals surface area contributed by atoms with Gasteiger partial charge in [0.2, 0.25) is 0 Å². The van der Waals surface area contributed by atoms with Crippen LogP contribution >= 0.6 is 0 Å². The first-order chi connectivity index (χ1) is 10.6. The molecule has 2 N–H and O–H groups in total. The lowest BCUT2D eigenvalue weighted by atomic mass is 10.0. The SMILES string of the molecule is CCOc1ccc(OCC(=O)N[C@@H]2CCC[C@@H]2C(=O)O)cc1. The fourth-order valence-electron chi connectivity index (χ4n) is 2.62. The van der Waals surface area contributed by atoms with Gasteiger partial charge in [-0.25, -0.2) is 0 Å². The van der Waals surface area contributed by atoms with E-state index in [-0.39, 0.29) is 18.6 Å². The quantitative estimate of drug-likeness (QED) is 0.803. The van der Waals surface area contributed by atoms with E-state index in [1.165, 1.54) is 0 Å². The number of nitrogens with one attached hydrogen (secondary N) is 1. The van der Waals surface area contributed by atoms with Crippen molar-refractivity contribution in [1.29, 1.82) is 0 Å². The monoisotopic (exact) mass is 307 g/mol. The molecule has 0 saturated heterocycles. The summed E-state index contributed by atoms with van der Waals surface area (Å²) in [5.41, 5.74) is 0. The van der Waals surface area contributed by atoms with Crippen LogP contribution in [0.4, 0.5) is 0 Å². The van der Waals surface area contributed by atoms with Crippen LogP contribution in [0.25, 0.3) is 0 Å². The molecule has 2 atom stereocenters. The highest BCUT2D eigenvalue weighted by atomic mass is 16.5. The van der Waals surface area contributed by atoms with Crippen LogP contribution in [0.3, 0.4) is 0 Å². The van der Waals surface area contributed by atoms with Gasteiger partial charge in [0.05, 0.1) is 12.5 Å². The highest BCUT2D eigenvalue weighted by molar-refractivity contribution is 5.79. The van der Waals surface area contributed by atoms with Gasteiger partial charge >= 0.3 is 5.97 Å². The summed E-state index contributed by atoms with van der Waals surface area (Å²) in [7, 11) is 0. The Morgan fingerprint density at radius 3 is 2.41 bits per heavy atom. The minimum absolute atomic E-state index is 0.128. The summed E-state index contributed by atoms with van der Waals surface area (Å²) in [4.78, 5) is 22.9. The molecule has 6 nitrogen and oxygen atoms in total. The van der Waals surface area contributed by atoms with E-state index in [9.17, 15) is 9.59 Å². The van der Waals surface area contributed by atoms with E-state index in [1.54, 1.807) is 24.3 Å². The van der Waals surface area contributed by atoms with Gasteiger partial charge in [-0.2, -0.15) is 0 Å². The van der Waals surface area contributed by atoms with E-state index in [4.69, 9.17) is 14.6 Å². The van der Waals surface area contributed by atoms with Gasteiger partial charge in [0, 0.05) is 6.04 Å². The molecule has 1 amide bonds. The lowest BCUT2D eigenvalue weighted by Crippen LogP contribution is -2.42. The second kappa shape index (κ2) is 7.68. The molecule has 1 aliphatic carbocycles. The number of carbonyl (C=O) groups excluding carboxylic acids is 1. The second-order valence-electron chi connectivity index (χ2n) is 5.24. The van der Waals surface area contributed by atoms with Crippen molar-refractivity contribution in [2.75, 3.05) is 13.2 Å². The van der Waals surface area contributed by atoms with Gasteiger partial charge in [0.15, 0.2) is 6.61 Å². The van der Waals surface area contributed by atoms with Crippen molar-refractivity contribution in [3.05, 3.63) is 24.3 Å². The number of hydrogen-bond acceptors (Lipinski definition) is 4. The third-order valence-corrected chi connectivity index (χ3v) is 3.68. The van der Waals surface area contributed by atoms with Crippen molar-refractivity contribution in [2.24, 2.45) is 5.92 Å². The molecule has 2 rings (SSSR count). The van der Waals surface area contributed by atoms with Gasteiger partial charge in [0.1, 0.15) is 11.5 Å². The molecule has 0 heterocycles. The molecule has 1 aromatic carbocycles. The standard InChI is InChI=1S/C16H21NO5/c1-2-21-11-6-8-12(9-7-11)22-10-15(18)17-14-5-3-4-13(14)16(19)20/h6-9,13-14H,2-5,10H2,1H3,(H,17,18)(H,19,20)/t13-,14+/m0/s1. The summed E-state index contributed by atoms with van der Waals surface area (Å²) < 4.78 is 10.7. The largest absolute Gasteiger partial charge is 0.494 e. The van der Waals surface area contributed by atoms with E-state index in [0.717, 1.165) is 12.2 Å². The minimum Gasteiger partial charge on any atom is -0.494 e. The lowest BCUT2D eigenvalue weighted by molar-refractivity contribution is -0.142. The van der Waals surface area contributed by atoms with Gasteiger partial charge in [-0.3, -0.25) is 9.59 Å². The summed E-state index contributed by atoms with van der Waals surface area (Å²) in [6, 6.07) is 6.71. The second-order valence-corrected chi connectivity index (χ2v) is 5.24. The minimum atomic E-state index is -0.852. The van der Waals surface area contributed by atoms with E-state index in [0.29, 0.717) is 25.2 Å². The molecule has 1 aromatic rings. The molecule has 0 spiro atoms. The summed E-state index contributed by atoms with van der Waals surface area (Å²) in [5, 5.41) is 11.8. The van der Waals surface area contributed by atoms with E-state index >= 15 is 0 Å². The van der Waals surface area contributed by atoms with E-state index < -0.39 is 11.9 Å². The zero-order chi connectivity index (χ0) is 15.9. The molecule has 1 saturated carbocycles. The number of aliphatic carboxylic acids is 1. The van der Waals surface area contributed by atoms with Crippen LogP contribution in [-0.4, -0.2) is 36.2 Å². The average molecular weight is 307 g/mol. The Bertz CT molecular complexity index is 514. The Balaban J connectivity index is 1.78. The fraction of sp³-hybridized carbons (Fsp3) is 0.500. The summed E-state index contributed by atoms with van der Waals surface area (Å²) in [6.45, 7) is 2.37. The zero-order valence-corrected chi connectivity index (χ0v) is 12.6. The Labute approximate surface area is 129 Å². The summed E-state index contributed by atoms with van der Waals surface area (Å²) in [5.74, 6) is -0.328. The molecule has 6 heteroatoms. The van der Waals surface area contributed by atoms with Crippen LogP contribution in [0, 0.1) is 5.92 Å². The molecule has 0 unspecified atom stereocenters. The Kier molecular flexibility index (Phi) is 5.63. The Morgan fingerprint density at radius 2 is 1.82 bits per heavy atom. The number of rotatable bonds is 7. The van der Waals surface area contributed by atoms with Gasteiger partial charge in [-0.15, -0.1) is 0 Å². The van der Waals surface area contributed by atoms with Crippen molar-refractivity contribution >= 4 is 11.9 Å². The molecule has 0 bridgehead atoms. The summed E-state index contributed by atoms with van der Waals surface area (Å²) >= 11 is 0. The molecular weight excluding hydrogens is 286 g/mol. The van der Waals surface area contributed by atoms with E-state index in [1.807, 2.05) is 6.92 Å². The van der Waals surface area contributed by atoms with Crippen LogP contribution in [0.15, 0.2) is 24.3 Å². The lowest BCUT2D eigenvalue weighted by Gasteiger charge is -2.17. The zero-order valence-electron chi connectivity index (χ0n) is 12.6. The molecule has 22 heavy (non-hydrogen) atoms. The molecule has 1 aliphatic rings. The molecule has 120 valence electrons. The topological polar surface area (TPSA) is 84.9 Å². The highest BCUT2D eigenvalue weighted by Gasteiger charge is 2.33. The maximum absolute atomic E-state index is 11.9. The smallest absolute Gasteiger partial charge is 0.308 e. The van der Waals surface area contributed by atoms with Gasteiger partial charge in [-0.05, 0) is 44.0 Å². The van der Waals surface area contributed by atoms with E-state index in [2.05, 4.69) is 5.32 Å². The van der Waals surface area contributed by atoms with Crippen molar-refractivity contribution < 1.29 is 24.2 Å². The number of carboxylic acids is 1. The maximum Gasteiger partial charge on any atom is 0.308 e. The van der Waals surface area contributed by atoms with Crippen LogP contribution in [0.5, 0.6) is 11.5 Å². The summed E-state index contributed by atoms with van der Waals surface area (Å²) in [6.07, 6.45) is 2.13. The number of hydrogen-bond donors (Lipinski definition) is 2. The van der Waals surface area contributed by atoms with Gasteiger partial charge in [-0.1, -0.05) is 6.42 Å². The van der Waals surface area contributed by atoms with Crippen molar-refractivity contribution in [2.45, 2.75) is 32.2 Å². The maximum atomic E-state index is 11.9. The fourth-order valence-corrected chi connectivity index (χ4v) is 2.62. The highest BCUT2D eigenvalue weighted by Crippen LogP contribution is 2.25. The van der Waals surface area contributed by atoms with Gasteiger partial charge in [0.25, 0.3) is 5.91 Å². The van der Waals surface area contributed by atoms with Crippen molar-refractivity contribution in [3.8, 4) is 11.5 Å². The average Bonchev–Trinajstić information content (AvgIpc) is 2.95. The normalized spacial score (nSPS) is 20.4. The third kappa shape index (κ3) is 4.38. The molecular formula is C16H21NO5. The number of carboxylic acid groups (broad SMARTS) is 1. The predicted octanol–water partition coefficient (Wildman–Crippen LogP) is 1.83. The first-order valence-electron chi connectivity index (χ1n) is 7.48. The van der Waals surface area contributed by atoms with Crippen LogP contribution < -0.4 is 14.8 Å². The van der Waals surface area contributed by atoms with Crippen LogP contribution in [0.2, 0.25) is 0 Å². The van der Waals surface area contributed by atoms with Crippen LogP contribution in [0.1, 0.15) is 26.2 Å². The molecule has 0 aromatic heterocycles. The molecule has 0 radical (unpaired) electrons. The number of carbonyl (C=O) groups is 2. The number of benzene rings is 1. The van der Waals surface area contributed by atoms with Crippen molar-refractivity contribution in [1.82, 2.24) is 5.32 Å². The first-order valence-corrected chi connectivity index (χ1v) is 7.48. The third-order valence-electron chi connectivity index (χ3n) is 3.68. The number of amides is 1. The first kappa shape index (κ1) is 16.1. The Hall–Kier alpha value is -2.24. The predicted molar refractivity (Wildman–Crippen MR) is 80.0 cm³/mol. The Morgan fingerprint density at radius 1 is 1.18 bits per heavy atom. The van der Waals surface area contributed by atoms with Gasteiger partial charge < -0.3 is 19.9 Å². The number of ether oxygens (including phenoxy) is 2. The molecule has 0 aliphatic heterocycles. The van der Waals surface area contributed by atoms with Crippen LogP contribution in [-0.2, 0) is 9.59 Å². The van der Waals surface area contributed by atoms with Crippen molar-refractivity contribution in [3.63, 3.8) is 0 Å². The molecule has 1 fully saturated rings.